The first-order valence-electron chi connectivity index (χ1n) is 5.24. The van der Waals surface area contributed by atoms with E-state index in [4.69, 9.17) is 5.73 Å². The minimum Gasteiger partial charge on any atom is -0.330 e. The molecule has 0 unspecified atom stereocenters. The molecule has 0 radical (unpaired) electrons. The summed E-state index contributed by atoms with van der Waals surface area (Å²) in [6.45, 7) is 2.62. The third-order valence-corrected chi connectivity index (χ3v) is 2.26. The van der Waals surface area contributed by atoms with Gasteiger partial charge in [0.15, 0.2) is 5.82 Å². The predicted molar refractivity (Wildman–Crippen MR) is 62.8 cm³/mol. The lowest BCUT2D eigenvalue weighted by molar-refractivity contribution is 0.910. The van der Waals surface area contributed by atoms with E-state index >= 15 is 0 Å². The van der Waals surface area contributed by atoms with Gasteiger partial charge < -0.3 is 5.73 Å². The van der Waals surface area contributed by atoms with Gasteiger partial charge in [0.2, 0.25) is 0 Å². The van der Waals surface area contributed by atoms with Crippen LogP contribution < -0.4 is 5.73 Å². The summed E-state index contributed by atoms with van der Waals surface area (Å²) in [7, 11) is 0. The third-order valence-electron chi connectivity index (χ3n) is 2.26. The fourth-order valence-electron chi connectivity index (χ4n) is 1.47. The maximum Gasteiger partial charge on any atom is 0.178 e. The van der Waals surface area contributed by atoms with Crippen LogP contribution in [0, 0.1) is 6.92 Å². The molecule has 2 heterocycles. The van der Waals surface area contributed by atoms with Crippen molar-refractivity contribution in [2.45, 2.75) is 13.3 Å². The molecule has 16 heavy (non-hydrogen) atoms. The van der Waals surface area contributed by atoms with E-state index in [0.29, 0.717) is 12.4 Å². The second-order valence-corrected chi connectivity index (χ2v) is 3.63. The molecule has 0 aliphatic rings. The van der Waals surface area contributed by atoms with E-state index in [-0.39, 0.29) is 0 Å². The first-order valence-corrected chi connectivity index (χ1v) is 5.24. The van der Waals surface area contributed by atoms with E-state index in [0.717, 1.165) is 23.4 Å². The van der Waals surface area contributed by atoms with Gasteiger partial charge in [-0.1, -0.05) is 0 Å². The molecule has 2 aromatic rings. The molecule has 0 spiro atoms. The number of aryl methyl sites for hydroxylation is 1. The second-order valence-electron chi connectivity index (χ2n) is 3.63. The SMILES string of the molecule is Cc1ccnc(-c2nccc(CCN)n2)c1. The van der Waals surface area contributed by atoms with Crippen molar-refractivity contribution in [1.82, 2.24) is 15.0 Å². The van der Waals surface area contributed by atoms with Gasteiger partial charge in [0, 0.05) is 24.5 Å². The number of aromatic nitrogens is 3. The molecule has 2 aromatic heterocycles. The maximum atomic E-state index is 5.50. The maximum absolute atomic E-state index is 5.50. The molecule has 0 fully saturated rings. The molecule has 4 nitrogen and oxygen atoms in total. The van der Waals surface area contributed by atoms with Crippen LogP contribution in [0.2, 0.25) is 0 Å². The Hall–Kier alpha value is -1.81. The summed E-state index contributed by atoms with van der Waals surface area (Å²) in [5.74, 6) is 0.662. The molecule has 0 amide bonds. The van der Waals surface area contributed by atoms with Crippen molar-refractivity contribution in [1.29, 1.82) is 0 Å². The Morgan fingerprint density at radius 1 is 1.19 bits per heavy atom. The average Bonchev–Trinajstić information content (AvgIpc) is 2.30. The van der Waals surface area contributed by atoms with Crippen LogP contribution in [0.5, 0.6) is 0 Å². The highest BCUT2D eigenvalue weighted by atomic mass is 14.9. The molecule has 0 atom stereocenters. The molecule has 2 rings (SSSR count). The lowest BCUT2D eigenvalue weighted by Gasteiger charge is -2.02. The van der Waals surface area contributed by atoms with E-state index in [2.05, 4.69) is 15.0 Å². The van der Waals surface area contributed by atoms with Crippen LogP contribution in [0.25, 0.3) is 11.5 Å². The van der Waals surface area contributed by atoms with E-state index in [1.807, 2.05) is 25.1 Å². The largest absolute Gasteiger partial charge is 0.330 e. The van der Waals surface area contributed by atoms with Crippen molar-refractivity contribution in [3.8, 4) is 11.5 Å². The van der Waals surface area contributed by atoms with E-state index in [1.54, 1.807) is 12.4 Å². The fraction of sp³-hybridized carbons (Fsp3) is 0.250. The fourth-order valence-corrected chi connectivity index (χ4v) is 1.47. The number of hydrogen-bond donors (Lipinski definition) is 1. The van der Waals surface area contributed by atoms with Gasteiger partial charge in [-0.15, -0.1) is 0 Å². The van der Waals surface area contributed by atoms with Crippen LogP contribution >= 0.6 is 0 Å². The van der Waals surface area contributed by atoms with Crippen LogP contribution in [-0.4, -0.2) is 21.5 Å². The summed E-state index contributed by atoms with van der Waals surface area (Å²) in [5, 5.41) is 0. The standard InChI is InChI=1S/C12H14N4/c1-9-3-6-14-11(8-9)12-15-7-4-10(16-12)2-5-13/h3-4,6-8H,2,5,13H2,1H3. The summed E-state index contributed by atoms with van der Waals surface area (Å²) < 4.78 is 0. The minimum absolute atomic E-state index is 0.595. The van der Waals surface area contributed by atoms with Crippen molar-refractivity contribution >= 4 is 0 Å². The zero-order valence-electron chi connectivity index (χ0n) is 9.22. The summed E-state index contributed by atoms with van der Waals surface area (Å²) in [4.78, 5) is 12.9. The van der Waals surface area contributed by atoms with Gasteiger partial charge in [-0.05, 0) is 37.2 Å². The van der Waals surface area contributed by atoms with Gasteiger partial charge in [-0.2, -0.15) is 0 Å². The Morgan fingerprint density at radius 3 is 2.75 bits per heavy atom. The second kappa shape index (κ2) is 4.81. The average molecular weight is 214 g/mol. The normalized spacial score (nSPS) is 10.4. The number of hydrogen-bond acceptors (Lipinski definition) is 4. The Labute approximate surface area is 94.6 Å². The molecule has 0 aliphatic carbocycles. The summed E-state index contributed by atoms with van der Waals surface area (Å²) >= 11 is 0. The quantitative estimate of drug-likeness (QED) is 0.837. The lowest BCUT2D eigenvalue weighted by atomic mass is 10.2. The molecule has 0 aliphatic heterocycles. The highest BCUT2D eigenvalue weighted by Gasteiger charge is 2.03. The van der Waals surface area contributed by atoms with Crippen LogP contribution in [0.1, 0.15) is 11.3 Å². The predicted octanol–water partition coefficient (Wildman–Crippen LogP) is 1.35. The smallest absolute Gasteiger partial charge is 0.178 e. The Balaban J connectivity index is 2.36. The van der Waals surface area contributed by atoms with Gasteiger partial charge in [-0.25, -0.2) is 9.97 Å². The summed E-state index contributed by atoms with van der Waals surface area (Å²) in [6.07, 6.45) is 4.28. The molecular weight excluding hydrogens is 200 g/mol. The Morgan fingerprint density at radius 2 is 2.00 bits per heavy atom. The van der Waals surface area contributed by atoms with Crippen molar-refractivity contribution in [3.05, 3.63) is 41.9 Å². The first-order chi connectivity index (χ1) is 7.79. The molecular formula is C12H14N4. The van der Waals surface area contributed by atoms with Crippen molar-refractivity contribution in [3.63, 3.8) is 0 Å². The zero-order chi connectivity index (χ0) is 11.4. The van der Waals surface area contributed by atoms with Crippen LogP contribution in [-0.2, 0) is 6.42 Å². The van der Waals surface area contributed by atoms with Crippen LogP contribution in [0.4, 0.5) is 0 Å². The molecule has 2 N–H and O–H groups in total. The van der Waals surface area contributed by atoms with Crippen molar-refractivity contribution < 1.29 is 0 Å². The van der Waals surface area contributed by atoms with Gasteiger partial charge in [0.05, 0.1) is 0 Å². The monoisotopic (exact) mass is 214 g/mol. The highest BCUT2D eigenvalue weighted by Crippen LogP contribution is 2.12. The third kappa shape index (κ3) is 2.41. The van der Waals surface area contributed by atoms with Crippen LogP contribution in [0.15, 0.2) is 30.6 Å². The summed E-state index contributed by atoms with van der Waals surface area (Å²) in [5.41, 5.74) is 8.41. The Bertz CT molecular complexity index is 482. The summed E-state index contributed by atoms with van der Waals surface area (Å²) in [6, 6.07) is 5.81. The number of rotatable bonds is 3. The highest BCUT2D eigenvalue weighted by molar-refractivity contribution is 5.49. The van der Waals surface area contributed by atoms with Gasteiger partial charge >= 0.3 is 0 Å². The molecule has 82 valence electrons. The van der Waals surface area contributed by atoms with Gasteiger partial charge in [-0.3, -0.25) is 4.98 Å². The Kier molecular flexibility index (Phi) is 3.22. The lowest BCUT2D eigenvalue weighted by Crippen LogP contribution is -2.05. The zero-order valence-corrected chi connectivity index (χ0v) is 9.22. The number of nitrogens with zero attached hydrogens (tertiary/aromatic N) is 3. The molecule has 0 saturated heterocycles. The number of nitrogens with two attached hydrogens (primary N) is 1. The van der Waals surface area contributed by atoms with E-state index in [1.165, 1.54) is 0 Å². The van der Waals surface area contributed by atoms with E-state index in [9.17, 15) is 0 Å². The molecule has 0 saturated carbocycles. The first kappa shape index (κ1) is 10.7. The molecule has 0 aromatic carbocycles. The number of pyridine rings is 1. The van der Waals surface area contributed by atoms with Gasteiger partial charge in [0.1, 0.15) is 5.69 Å². The van der Waals surface area contributed by atoms with Gasteiger partial charge in [0.25, 0.3) is 0 Å². The van der Waals surface area contributed by atoms with Crippen molar-refractivity contribution in [2.24, 2.45) is 5.73 Å². The minimum atomic E-state index is 0.595. The van der Waals surface area contributed by atoms with Crippen molar-refractivity contribution in [2.75, 3.05) is 6.54 Å². The van der Waals surface area contributed by atoms with Crippen LogP contribution in [0.3, 0.4) is 0 Å². The molecule has 0 bridgehead atoms. The topological polar surface area (TPSA) is 64.7 Å². The molecule has 4 heteroatoms. The van der Waals surface area contributed by atoms with E-state index < -0.39 is 0 Å².